The predicted octanol–water partition coefficient (Wildman–Crippen LogP) is 13.9. The molecule has 0 saturated carbocycles. The molecule has 270 valence electrons. The molecule has 0 aliphatic carbocycles. The molecule has 3 aromatic heterocycles. The molecular weight excluding hydrogens is 705 g/mol. The van der Waals surface area contributed by atoms with Crippen LogP contribution in [0.25, 0.3) is 111 Å². The van der Waals surface area contributed by atoms with Crippen LogP contribution in [0.1, 0.15) is 0 Å². The van der Waals surface area contributed by atoms with E-state index in [2.05, 4.69) is 163 Å². The average molecular weight is 739 g/mol. The van der Waals surface area contributed by atoms with Crippen LogP contribution < -0.4 is 0 Å². The first-order valence-electron chi connectivity index (χ1n) is 19.5. The highest BCUT2D eigenvalue weighted by Crippen LogP contribution is 2.44. The van der Waals surface area contributed by atoms with Gasteiger partial charge >= 0.3 is 0 Å². The van der Waals surface area contributed by atoms with Gasteiger partial charge in [0.15, 0.2) is 5.82 Å². The van der Waals surface area contributed by atoms with Crippen LogP contribution in [0.2, 0.25) is 0 Å². The van der Waals surface area contributed by atoms with Crippen LogP contribution in [0.15, 0.2) is 206 Å². The number of nitrogens with zero attached hydrogens (tertiary/aromatic N) is 4. The average Bonchev–Trinajstić information content (AvgIpc) is 3.31. The Balaban J connectivity index is 1.00. The maximum absolute atomic E-state index is 5.11. The third-order valence-corrected chi connectivity index (χ3v) is 11.1. The molecule has 4 heteroatoms. The van der Waals surface area contributed by atoms with Gasteiger partial charge in [-0.25, -0.2) is 15.0 Å². The molecule has 0 saturated heterocycles. The summed E-state index contributed by atoms with van der Waals surface area (Å²) in [6.07, 6.45) is 1.84. The maximum atomic E-state index is 5.11. The monoisotopic (exact) mass is 738 g/mol. The predicted molar refractivity (Wildman–Crippen MR) is 240 cm³/mol. The third-order valence-electron chi connectivity index (χ3n) is 11.1. The maximum Gasteiger partial charge on any atom is 0.160 e. The first kappa shape index (κ1) is 33.5. The van der Waals surface area contributed by atoms with Gasteiger partial charge < -0.3 is 0 Å². The summed E-state index contributed by atoms with van der Waals surface area (Å²) >= 11 is 0. The Morgan fingerprint density at radius 2 is 0.707 bits per heavy atom. The molecule has 11 rings (SSSR count). The Hall–Kier alpha value is -7.82. The Morgan fingerprint density at radius 1 is 0.276 bits per heavy atom. The second-order valence-electron chi connectivity index (χ2n) is 14.6. The molecule has 0 bridgehead atoms. The number of rotatable bonds is 6. The van der Waals surface area contributed by atoms with E-state index in [0.717, 1.165) is 72.3 Å². The highest BCUT2D eigenvalue weighted by molar-refractivity contribution is 6.21. The second-order valence-corrected chi connectivity index (χ2v) is 14.6. The molecule has 0 amide bonds. The van der Waals surface area contributed by atoms with Gasteiger partial charge in [-0.2, -0.15) is 0 Å². The van der Waals surface area contributed by atoms with Gasteiger partial charge in [0.25, 0.3) is 0 Å². The lowest BCUT2D eigenvalue weighted by atomic mass is 9.85. The van der Waals surface area contributed by atoms with E-state index < -0.39 is 0 Å². The molecule has 58 heavy (non-hydrogen) atoms. The zero-order valence-electron chi connectivity index (χ0n) is 31.4. The van der Waals surface area contributed by atoms with Crippen molar-refractivity contribution in [1.29, 1.82) is 0 Å². The highest BCUT2D eigenvalue weighted by atomic mass is 14.9. The lowest BCUT2D eigenvalue weighted by Gasteiger charge is -2.18. The van der Waals surface area contributed by atoms with Gasteiger partial charge in [0, 0.05) is 39.2 Å². The van der Waals surface area contributed by atoms with Crippen molar-refractivity contribution in [1.82, 2.24) is 19.9 Å². The normalized spacial score (nSPS) is 11.4. The van der Waals surface area contributed by atoms with Gasteiger partial charge in [-0.3, -0.25) is 4.98 Å². The molecule has 0 aliphatic rings. The van der Waals surface area contributed by atoms with Crippen LogP contribution in [0, 0.1) is 0 Å². The summed E-state index contributed by atoms with van der Waals surface area (Å²) in [4.78, 5) is 19.8. The fraction of sp³-hybridized carbons (Fsp3) is 0. The number of benzene rings is 8. The van der Waals surface area contributed by atoms with Crippen molar-refractivity contribution in [2.45, 2.75) is 0 Å². The zero-order chi connectivity index (χ0) is 38.4. The molecule has 0 unspecified atom stereocenters. The van der Waals surface area contributed by atoms with E-state index in [1.54, 1.807) is 0 Å². The minimum atomic E-state index is 0.709. The highest BCUT2D eigenvalue weighted by Gasteiger charge is 2.18. The minimum Gasteiger partial charge on any atom is -0.254 e. The van der Waals surface area contributed by atoms with E-state index >= 15 is 0 Å². The Bertz CT molecular complexity index is 3190. The second kappa shape index (κ2) is 14.0. The van der Waals surface area contributed by atoms with Gasteiger partial charge in [0.1, 0.15) is 0 Å². The zero-order valence-corrected chi connectivity index (χ0v) is 31.4. The summed E-state index contributed by atoms with van der Waals surface area (Å²) in [5.74, 6) is 0.709. The third kappa shape index (κ3) is 5.87. The molecule has 0 N–H and O–H groups in total. The molecule has 0 radical (unpaired) electrons. The standard InChI is InChI=1S/C54H34N4/c1-3-12-35(13-4-1)48-34-49(58-54(57-48)42-14-5-2-6-15-42)37-23-27-39(28-24-37)51-45-19-9-7-17-43(45)50(44-18-8-10-20-46(44)51)38-25-21-36(22-26-38)47-32-31-41-30-29-40-16-11-33-55-52(40)53(41)56-47/h1-34H. The van der Waals surface area contributed by atoms with Crippen LogP contribution in [0.3, 0.4) is 0 Å². The van der Waals surface area contributed by atoms with Crippen LogP contribution in [-0.4, -0.2) is 19.9 Å². The van der Waals surface area contributed by atoms with Crippen molar-refractivity contribution in [2.24, 2.45) is 0 Å². The van der Waals surface area contributed by atoms with E-state index in [-0.39, 0.29) is 0 Å². The number of hydrogen-bond acceptors (Lipinski definition) is 4. The summed E-state index contributed by atoms with van der Waals surface area (Å²) in [5, 5.41) is 7.03. The number of hydrogen-bond donors (Lipinski definition) is 0. The van der Waals surface area contributed by atoms with Crippen molar-refractivity contribution in [3.63, 3.8) is 0 Å². The molecule has 8 aromatic carbocycles. The van der Waals surface area contributed by atoms with Crippen molar-refractivity contribution >= 4 is 43.4 Å². The number of fused-ring (bicyclic) bond motifs is 5. The van der Waals surface area contributed by atoms with Crippen molar-refractivity contribution in [3.8, 4) is 67.4 Å². The summed E-state index contributed by atoms with van der Waals surface area (Å²) in [6.45, 7) is 0. The van der Waals surface area contributed by atoms with Crippen molar-refractivity contribution < 1.29 is 0 Å². The molecule has 4 nitrogen and oxygen atoms in total. The van der Waals surface area contributed by atoms with E-state index in [4.69, 9.17) is 15.0 Å². The fourth-order valence-electron chi connectivity index (χ4n) is 8.32. The van der Waals surface area contributed by atoms with Gasteiger partial charge in [-0.05, 0) is 62.0 Å². The summed E-state index contributed by atoms with van der Waals surface area (Å²) in [5.41, 5.74) is 13.5. The minimum absolute atomic E-state index is 0.709. The molecule has 0 spiro atoms. The Morgan fingerprint density at radius 3 is 1.26 bits per heavy atom. The van der Waals surface area contributed by atoms with Crippen LogP contribution >= 0.6 is 0 Å². The topological polar surface area (TPSA) is 51.6 Å². The summed E-state index contributed by atoms with van der Waals surface area (Å²) < 4.78 is 0. The van der Waals surface area contributed by atoms with E-state index in [1.807, 2.05) is 48.7 Å². The van der Waals surface area contributed by atoms with E-state index in [0.29, 0.717) is 5.82 Å². The smallest absolute Gasteiger partial charge is 0.160 e. The van der Waals surface area contributed by atoms with E-state index in [1.165, 1.54) is 32.7 Å². The van der Waals surface area contributed by atoms with Gasteiger partial charge in [-0.15, -0.1) is 0 Å². The summed E-state index contributed by atoms with van der Waals surface area (Å²) in [7, 11) is 0. The quantitative estimate of drug-likeness (QED) is 0.126. The Labute approximate surface area is 335 Å². The summed E-state index contributed by atoms with van der Waals surface area (Å²) in [6, 6.07) is 70.4. The lowest BCUT2D eigenvalue weighted by molar-refractivity contribution is 1.18. The first-order valence-corrected chi connectivity index (χ1v) is 19.5. The molecule has 0 fully saturated rings. The largest absolute Gasteiger partial charge is 0.254 e. The van der Waals surface area contributed by atoms with Crippen molar-refractivity contribution in [2.75, 3.05) is 0 Å². The van der Waals surface area contributed by atoms with E-state index in [9.17, 15) is 0 Å². The molecule has 0 aliphatic heterocycles. The number of aromatic nitrogens is 4. The van der Waals surface area contributed by atoms with Crippen LogP contribution in [-0.2, 0) is 0 Å². The van der Waals surface area contributed by atoms with Gasteiger partial charge in [-0.1, -0.05) is 182 Å². The molecule has 3 heterocycles. The van der Waals surface area contributed by atoms with Crippen LogP contribution in [0.5, 0.6) is 0 Å². The first-order chi connectivity index (χ1) is 28.7. The molecule has 11 aromatic rings. The lowest BCUT2D eigenvalue weighted by Crippen LogP contribution is -1.96. The Kier molecular flexibility index (Phi) is 8.11. The molecular formula is C54H34N4. The number of pyridine rings is 2. The van der Waals surface area contributed by atoms with Gasteiger partial charge in [0.05, 0.1) is 28.1 Å². The van der Waals surface area contributed by atoms with Crippen molar-refractivity contribution in [3.05, 3.63) is 206 Å². The van der Waals surface area contributed by atoms with Crippen LogP contribution in [0.4, 0.5) is 0 Å². The fourth-order valence-corrected chi connectivity index (χ4v) is 8.32. The SMILES string of the molecule is c1ccc(-c2cc(-c3ccc(-c4c5ccccc5c(-c5ccc(-c6ccc7ccc8cccnc8c7n6)cc5)c5ccccc45)cc3)nc(-c3ccccc3)n2)cc1. The molecule has 0 atom stereocenters. The van der Waals surface area contributed by atoms with Gasteiger partial charge in [0.2, 0.25) is 0 Å².